The Morgan fingerprint density at radius 3 is 2.68 bits per heavy atom. The van der Waals surface area contributed by atoms with Gasteiger partial charge in [-0.25, -0.2) is 24.3 Å². The molecule has 4 aromatic rings. The number of nitrogens with zero attached hydrogens (tertiary/aromatic N) is 5. The number of benzene rings is 1. The first-order valence-corrected chi connectivity index (χ1v) is 11.8. The topological polar surface area (TPSA) is 89.7 Å². The van der Waals surface area contributed by atoms with E-state index in [4.69, 9.17) is 4.98 Å². The molecule has 8 nitrogen and oxygen atoms in total. The van der Waals surface area contributed by atoms with Crippen LogP contribution in [0.4, 0.5) is 11.5 Å². The smallest absolute Gasteiger partial charge is 0.276 e. The molecule has 0 amide bonds. The molecule has 0 unspecified atom stereocenters. The lowest BCUT2D eigenvalue weighted by Crippen LogP contribution is -2.25. The highest BCUT2D eigenvalue weighted by atomic mass is 16.1. The van der Waals surface area contributed by atoms with Gasteiger partial charge in [0.05, 0.1) is 10.9 Å². The SMILES string of the molecule is CC(C)n1c(=O)c2cnc(Nc3ccc4c(c3)CCNC4)cc2n1-c1ccnc(C(C)(C)C)n1. The maximum absolute atomic E-state index is 13.3. The van der Waals surface area contributed by atoms with Crippen molar-refractivity contribution in [1.82, 2.24) is 29.6 Å². The van der Waals surface area contributed by atoms with Gasteiger partial charge < -0.3 is 10.6 Å². The number of hydrogen-bond acceptors (Lipinski definition) is 6. The third kappa shape index (κ3) is 3.98. The molecular weight excluding hydrogens is 426 g/mol. The third-order valence-electron chi connectivity index (χ3n) is 6.15. The summed E-state index contributed by atoms with van der Waals surface area (Å²) in [6, 6.07) is 10.1. The summed E-state index contributed by atoms with van der Waals surface area (Å²) in [6.45, 7) is 12.1. The molecule has 0 saturated carbocycles. The molecule has 0 fully saturated rings. The van der Waals surface area contributed by atoms with E-state index in [0.29, 0.717) is 17.0 Å². The van der Waals surface area contributed by atoms with Gasteiger partial charge in [0.2, 0.25) is 0 Å². The van der Waals surface area contributed by atoms with Crippen LogP contribution in [-0.2, 0) is 18.4 Å². The first kappa shape index (κ1) is 22.3. The van der Waals surface area contributed by atoms with Gasteiger partial charge >= 0.3 is 0 Å². The zero-order chi connectivity index (χ0) is 24.0. The zero-order valence-electron chi connectivity index (χ0n) is 20.4. The molecule has 1 aliphatic heterocycles. The molecule has 0 atom stereocenters. The van der Waals surface area contributed by atoms with E-state index in [-0.39, 0.29) is 17.0 Å². The minimum absolute atomic E-state index is 0.0568. The van der Waals surface area contributed by atoms with Gasteiger partial charge in [-0.2, -0.15) is 0 Å². The molecule has 1 aromatic carbocycles. The molecule has 0 saturated heterocycles. The van der Waals surface area contributed by atoms with Crippen molar-refractivity contribution in [2.24, 2.45) is 0 Å². The summed E-state index contributed by atoms with van der Waals surface area (Å²) in [6.07, 6.45) is 4.42. The third-order valence-corrected chi connectivity index (χ3v) is 6.15. The standard InChI is InChI=1S/C26H31N7O/c1-16(2)32-24(34)20-15-29-22(30-19-7-6-18-14-27-10-8-17(18)12-19)13-21(20)33(32)23-9-11-28-25(31-23)26(3,4)5/h6-7,9,11-13,15-16,27H,8,10,14H2,1-5H3,(H,29,30). The Bertz CT molecular complexity index is 1430. The molecule has 1 aliphatic rings. The summed E-state index contributed by atoms with van der Waals surface area (Å²) >= 11 is 0. The second-order valence-corrected chi connectivity index (χ2v) is 10.2. The van der Waals surface area contributed by atoms with Gasteiger partial charge in [0.15, 0.2) is 5.82 Å². The lowest BCUT2D eigenvalue weighted by molar-refractivity contribution is 0.468. The minimum atomic E-state index is -0.210. The summed E-state index contributed by atoms with van der Waals surface area (Å²) in [4.78, 5) is 27.2. The largest absolute Gasteiger partial charge is 0.340 e. The van der Waals surface area contributed by atoms with Crippen molar-refractivity contribution in [2.45, 2.75) is 59.0 Å². The normalized spacial score (nSPS) is 13.9. The zero-order valence-corrected chi connectivity index (χ0v) is 20.4. The van der Waals surface area contributed by atoms with Crippen molar-refractivity contribution in [3.05, 3.63) is 70.0 Å². The molecule has 4 heterocycles. The Labute approximate surface area is 199 Å². The van der Waals surface area contributed by atoms with Crippen LogP contribution in [-0.4, -0.2) is 30.9 Å². The van der Waals surface area contributed by atoms with E-state index >= 15 is 0 Å². The van der Waals surface area contributed by atoms with Crippen molar-refractivity contribution < 1.29 is 0 Å². The van der Waals surface area contributed by atoms with Gasteiger partial charge in [-0.3, -0.25) is 4.79 Å². The Hall–Kier alpha value is -3.52. The maximum atomic E-state index is 13.3. The number of rotatable bonds is 4. The Morgan fingerprint density at radius 1 is 1.09 bits per heavy atom. The van der Waals surface area contributed by atoms with E-state index in [0.717, 1.165) is 36.5 Å². The van der Waals surface area contributed by atoms with E-state index in [2.05, 4.69) is 59.6 Å². The van der Waals surface area contributed by atoms with Crippen molar-refractivity contribution >= 4 is 22.4 Å². The molecule has 0 radical (unpaired) electrons. The molecule has 176 valence electrons. The molecule has 0 aliphatic carbocycles. The van der Waals surface area contributed by atoms with Crippen LogP contribution in [0.25, 0.3) is 16.7 Å². The number of pyridine rings is 1. The fourth-order valence-corrected chi connectivity index (χ4v) is 4.41. The molecule has 0 bridgehead atoms. The fourth-order valence-electron chi connectivity index (χ4n) is 4.41. The first-order chi connectivity index (χ1) is 16.2. The van der Waals surface area contributed by atoms with E-state index < -0.39 is 0 Å². The van der Waals surface area contributed by atoms with Crippen LogP contribution in [0.1, 0.15) is 57.6 Å². The predicted molar refractivity (Wildman–Crippen MR) is 135 cm³/mol. The second-order valence-electron chi connectivity index (χ2n) is 10.2. The lowest BCUT2D eigenvalue weighted by Gasteiger charge is -2.19. The predicted octanol–water partition coefficient (Wildman–Crippen LogP) is 4.24. The van der Waals surface area contributed by atoms with Gasteiger partial charge in [-0.05, 0) is 50.1 Å². The Kier molecular flexibility index (Phi) is 5.48. The number of hydrogen-bond donors (Lipinski definition) is 2. The van der Waals surface area contributed by atoms with Gasteiger partial charge in [0.1, 0.15) is 11.6 Å². The van der Waals surface area contributed by atoms with E-state index in [1.54, 1.807) is 17.1 Å². The van der Waals surface area contributed by atoms with Crippen molar-refractivity contribution in [3.63, 3.8) is 0 Å². The molecule has 34 heavy (non-hydrogen) atoms. The van der Waals surface area contributed by atoms with Crippen LogP contribution < -0.4 is 16.2 Å². The lowest BCUT2D eigenvalue weighted by atomic mass is 9.96. The van der Waals surface area contributed by atoms with Crippen molar-refractivity contribution in [1.29, 1.82) is 0 Å². The maximum Gasteiger partial charge on any atom is 0.276 e. The molecular formula is C26H31N7O. The van der Waals surface area contributed by atoms with Gasteiger partial charge in [0, 0.05) is 48.2 Å². The van der Waals surface area contributed by atoms with E-state index in [1.807, 2.05) is 30.7 Å². The number of fused-ring (bicyclic) bond motifs is 2. The quantitative estimate of drug-likeness (QED) is 0.476. The average molecular weight is 458 g/mol. The summed E-state index contributed by atoms with van der Waals surface area (Å²) in [5, 5.41) is 7.40. The van der Waals surface area contributed by atoms with Crippen LogP contribution in [0.5, 0.6) is 0 Å². The van der Waals surface area contributed by atoms with E-state index in [9.17, 15) is 4.79 Å². The average Bonchev–Trinajstić information content (AvgIpc) is 3.10. The second kappa shape index (κ2) is 8.36. The summed E-state index contributed by atoms with van der Waals surface area (Å²) in [7, 11) is 0. The van der Waals surface area contributed by atoms with Crippen LogP contribution in [0.3, 0.4) is 0 Å². The first-order valence-electron chi connectivity index (χ1n) is 11.8. The number of nitrogens with one attached hydrogen (secondary N) is 2. The summed E-state index contributed by atoms with van der Waals surface area (Å²) in [5.74, 6) is 2.07. The number of aromatic nitrogens is 5. The Balaban J connectivity index is 1.63. The number of anilines is 2. The van der Waals surface area contributed by atoms with Crippen LogP contribution >= 0.6 is 0 Å². The van der Waals surface area contributed by atoms with Crippen LogP contribution in [0.15, 0.2) is 47.5 Å². The van der Waals surface area contributed by atoms with Crippen LogP contribution in [0, 0.1) is 0 Å². The highest BCUT2D eigenvalue weighted by molar-refractivity contribution is 5.82. The molecule has 0 spiro atoms. The van der Waals surface area contributed by atoms with Crippen molar-refractivity contribution in [2.75, 3.05) is 11.9 Å². The van der Waals surface area contributed by atoms with Crippen LogP contribution in [0.2, 0.25) is 0 Å². The molecule has 2 N–H and O–H groups in total. The monoisotopic (exact) mass is 457 g/mol. The highest BCUT2D eigenvalue weighted by Gasteiger charge is 2.22. The van der Waals surface area contributed by atoms with Gasteiger partial charge in [-0.1, -0.05) is 26.8 Å². The summed E-state index contributed by atoms with van der Waals surface area (Å²) in [5.41, 5.74) is 4.14. The molecule has 8 heteroatoms. The van der Waals surface area contributed by atoms with Gasteiger partial charge in [0.25, 0.3) is 5.56 Å². The molecule has 3 aromatic heterocycles. The fraction of sp³-hybridized carbons (Fsp3) is 0.385. The summed E-state index contributed by atoms with van der Waals surface area (Å²) < 4.78 is 3.63. The Morgan fingerprint density at radius 2 is 1.91 bits per heavy atom. The highest BCUT2D eigenvalue weighted by Crippen LogP contribution is 2.26. The van der Waals surface area contributed by atoms with Gasteiger partial charge in [-0.15, -0.1) is 0 Å². The van der Waals surface area contributed by atoms with Crippen molar-refractivity contribution in [3.8, 4) is 5.82 Å². The molecule has 5 rings (SSSR count). The van der Waals surface area contributed by atoms with E-state index in [1.165, 1.54) is 11.1 Å². The minimum Gasteiger partial charge on any atom is -0.340 e.